The molecule has 4 rings (SSSR count). The van der Waals surface area contributed by atoms with E-state index in [1.54, 1.807) is 0 Å². The third kappa shape index (κ3) is 3.24. The van der Waals surface area contributed by atoms with Gasteiger partial charge in [0.1, 0.15) is 0 Å². The van der Waals surface area contributed by atoms with Gasteiger partial charge >= 0.3 is 0 Å². The number of thioether (sulfide) groups is 1. The lowest BCUT2D eigenvalue weighted by Gasteiger charge is -2.19. The van der Waals surface area contributed by atoms with Gasteiger partial charge < -0.3 is 4.98 Å². The zero-order valence-corrected chi connectivity index (χ0v) is 15.0. The van der Waals surface area contributed by atoms with Crippen LogP contribution in [-0.2, 0) is 6.42 Å². The predicted molar refractivity (Wildman–Crippen MR) is 104 cm³/mol. The second-order valence-electron chi connectivity index (χ2n) is 6.67. The second kappa shape index (κ2) is 7.04. The Labute approximate surface area is 148 Å². The van der Waals surface area contributed by atoms with Crippen LogP contribution in [0.1, 0.15) is 30.0 Å². The van der Waals surface area contributed by atoms with Gasteiger partial charge in [0, 0.05) is 33.8 Å². The predicted octanol–water partition coefficient (Wildman–Crippen LogP) is 5.27. The third-order valence-corrected chi connectivity index (χ3v) is 6.07. The average Bonchev–Trinajstić information content (AvgIpc) is 3.21. The van der Waals surface area contributed by atoms with E-state index in [0.717, 1.165) is 12.2 Å². The van der Waals surface area contributed by atoms with Crippen molar-refractivity contribution in [3.8, 4) is 0 Å². The van der Waals surface area contributed by atoms with Crippen LogP contribution in [0.5, 0.6) is 0 Å². The Morgan fingerprint density at radius 1 is 1.17 bits per heavy atom. The lowest BCUT2D eigenvalue weighted by molar-refractivity contribution is 0.319. The van der Waals surface area contributed by atoms with Gasteiger partial charge in [-0.15, -0.1) is 11.8 Å². The first-order valence-electron chi connectivity index (χ1n) is 8.79. The number of aromatic amines is 1. The number of hydrogen-bond donors (Lipinski definition) is 1. The molecule has 3 aromatic rings. The molecule has 1 N–H and O–H groups in total. The third-order valence-electron chi connectivity index (χ3n) is 5.06. The Bertz CT molecular complexity index is 809. The highest BCUT2D eigenvalue weighted by Crippen LogP contribution is 2.35. The standard InChI is InChI=1S/C21H24N2S/c1-23-12-5-8-21(23)19-15-22-20-10-9-16(14-18(19)20)11-13-24-17-6-3-2-4-7-17/h2-4,6-7,9-10,14-15,21-22H,5,8,11-13H2,1H3. The van der Waals surface area contributed by atoms with Gasteiger partial charge in [-0.25, -0.2) is 0 Å². The van der Waals surface area contributed by atoms with Crippen molar-refractivity contribution in [1.29, 1.82) is 0 Å². The van der Waals surface area contributed by atoms with Gasteiger partial charge in [-0.3, -0.25) is 4.90 Å². The number of rotatable bonds is 5. The molecule has 2 aromatic carbocycles. The summed E-state index contributed by atoms with van der Waals surface area (Å²) >= 11 is 1.94. The molecule has 1 atom stereocenters. The molecular formula is C21H24N2S. The van der Waals surface area contributed by atoms with Crippen molar-refractivity contribution in [2.24, 2.45) is 0 Å². The number of aromatic nitrogens is 1. The van der Waals surface area contributed by atoms with Gasteiger partial charge in [-0.2, -0.15) is 0 Å². The van der Waals surface area contributed by atoms with E-state index in [4.69, 9.17) is 0 Å². The maximum Gasteiger partial charge on any atom is 0.0457 e. The zero-order chi connectivity index (χ0) is 16.4. The first-order valence-corrected chi connectivity index (χ1v) is 9.78. The van der Waals surface area contributed by atoms with Crippen LogP contribution in [0, 0.1) is 0 Å². The fraction of sp³-hybridized carbons (Fsp3) is 0.333. The topological polar surface area (TPSA) is 19.0 Å². The first-order chi connectivity index (χ1) is 11.8. The van der Waals surface area contributed by atoms with Gasteiger partial charge in [0.05, 0.1) is 0 Å². The molecule has 0 bridgehead atoms. The molecule has 124 valence electrons. The smallest absolute Gasteiger partial charge is 0.0457 e. The Morgan fingerprint density at radius 2 is 2.04 bits per heavy atom. The number of H-pyrrole nitrogens is 1. The highest BCUT2D eigenvalue weighted by molar-refractivity contribution is 7.99. The quantitative estimate of drug-likeness (QED) is 0.640. The lowest BCUT2D eigenvalue weighted by atomic mass is 10.0. The van der Waals surface area contributed by atoms with E-state index < -0.39 is 0 Å². The molecular weight excluding hydrogens is 312 g/mol. The van der Waals surface area contributed by atoms with Gasteiger partial charge in [0.15, 0.2) is 0 Å². The van der Waals surface area contributed by atoms with Crippen molar-refractivity contribution in [3.05, 3.63) is 65.9 Å². The van der Waals surface area contributed by atoms with E-state index in [2.05, 4.69) is 71.7 Å². The number of fused-ring (bicyclic) bond motifs is 1. The fourth-order valence-corrected chi connectivity index (χ4v) is 4.65. The molecule has 0 radical (unpaired) electrons. The molecule has 0 amide bonds. The second-order valence-corrected chi connectivity index (χ2v) is 7.84. The summed E-state index contributed by atoms with van der Waals surface area (Å²) in [5.41, 5.74) is 4.18. The minimum atomic E-state index is 0.577. The number of aryl methyl sites for hydroxylation is 1. The molecule has 0 saturated carbocycles. The summed E-state index contributed by atoms with van der Waals surface area (Å²) < 4.78 is 0. The summed E-state index contributed by atoms with van der Waals surface area (Å²) in [7, 11) is 2.25. The maximum absolute atomic E-state index is 3.46. The highest BCUT2D eigenvalue weighted by Gasteiger charge is 2.24. The molecule has 24 heavy (non-hydrogen) atoms. The molecule has 2 heterocycles. The largest absolute Gasteiger partial charge is 0.361 e. The summed E-state index contributed by atoms with van der Waals surface area (Å²) in [5, 5.41) is 1.41. The molecule has 1 unspecified atom stereocenters. The van der Waals surface area contributed by atoms with E-state index in [9.17, 15) is 0 Å². The van der Waals surface area contributed by atoms with Crippen LogP contribution < -0.4 is 0 Å². The van der Waals surface area contributed by atoms with E-state index in [-0.39, 0.29) is 0 Å². The number of likely N-dealkylation sites (tertiary alicyclic amines) is 1. The van der Waals surface area contributed by atoms with Crippen LogP contribution in [0.3, 0.4) is 0 Å². The Kier molecular flexibility index (Phi) is 4.63. The summed E-state index contributed by atoms with van der Waals surface area (Å²) in [5.74, 6) is 1.12. The molecule has 1 saturated heterocycles. The van der Waals surface area contributed by atoms with Crippen molar-refractivity contribution in [2.45, 2.75) is 30.2 Å². The maximum atomic E-state index is 3.46. The molecule has 0 aliphatic carbocycles. The van der Waals surface area contributed by atoms with E-state index in [0.29, 0.717) is 6.04 Å². The van der Waals surface area contributed by atoms with E-state index in [1.807, 2.05) is 11.8 Å². The van der Waals surface area contributed by atoms with E-state index >= 15 is 0 Å². The van der Waals surface area contributed by atoms with Crippen molar-refractivity contribution in [1.82, 2.24) is 9.88 Å². The van der Waals surface area contributed by atoms with Crippen LogP contribution in [0.4, 0.5) is 0 Å². The Morgan fingerprint density at radius 3 is 2.83 bits per heavy atom. The molecule has 1 aromatic heterocycles. The van der Waals surface area contributed by atoms with Crippen LogP contribution in [-0.4, -0.2) is 29.2 Å². The molecule has 0 spiro atoms. The van der Waals surface area contributed by atoms with Crippen molar-refractivity contribution >= 4 is 22.7 Å². The van der Waals surface area contributed by atoms with Crippen molar-refractivity contribution in [2.75, 3.05) is 19.3 Å². The van der Waals surface area contributed by atoms with Crippen LogP contribution in [0.15, 0.2) is 59.6 Å². The summed E-state index contributed by atoms with van der Waals surface area (Å²) in [6.45, 7) is 1.21. The summed E-state index contributed by atoms with van der Waals surface area (Å²) in [6.07, 6.45) is 5.92. The fourth-order valence-electron chi connectivity index (χ4n) is 3.73. The molecule has 1 aliphatic rings. The summed E-state index contributed by atoms with van der Waals surface area (Å²) in [6, 6.07) is 18.2. The zero-order valence-electron chi connectivity index (χ0n) is 14.2. The minimum Gasteiger partial charge on any atom is -0.361 e. The van der Waals surface area contributed by atoms with Crippen molar-refractivity contribution < 1.29 is 0 Å². The number of nitrogens with one attached hydrogen (secondary N) is 1. The van der Waals surface area contributed by atoms with Gasteiger partial charge in [0.25, 0.3) is 0 Å². The number of nitrogens with zero attached hydrogens (tertiary/aromatic N) is 1. The highest BCUT2D eigenvalue weighted by atomic mass is 32.2. The molecule has 2 nitrogen and oxygen atoms in total. The van der Waals surface area contributed by atoms with Gasteiger partial charge in [-0.1, -0.05) is 24.3 Å². The van der Waals surface area contributed by atoms with Gasteiger partial charge in [-0.05, 0) is 68.2 Å². The van der Waals surface area contributed by atoms with E-state index in [1.165, 1.54) is 46.3 Å². The molecule has 1 aliphatic heterocycles. The van der Waals surface area contributed by atoms with Crippen LogP contribution >= 0.6 is 11.8 Å². The monoisotopic (exact) mass is 336 g/mol. The summed E-state index contributed by atoms with van der Waals surface area (Å²) in [4.78, 5) is 7.30. The van der Waals surface area contributed by atoms with Gasteiger partial charge in [0.2, 0.25) is 0 Å². The average molecular weight is 337 g/mol. The normalized spacial score (nSPS) is 18.5. The first kappa shape index (κ1) is 15.8. The number of benzene rings is 2. The Hall–Kier alpha value is -1.71. The number of hydrogen-bond acceptors (Lipinski definition) is 2. The van der Waals surface area contributed by atoms with Crippen molar-refractivity contribution in [3.63, 3.8) is 0 Å². The lowest BCUT2D eigenvalue weighted by Crippen LogP contribution is -2.17. The Balaban J connectivity index is 1.50. The van der Waals surface area contributed by atoms with Crippen LogP contribution in [0.25, 0.3) is 10.9 Å². The van der Waals surface area contributed by atoms with Crippen LogP contribution in [0.2, 0.25) is 0 Å². The molecule has 1 fully saturated rings. The molecule has 3 heteroatoms. The SMILES string of the molecule is CN1CCCC1c1c[nH]c2ccc(CCSc3ccccc3)cc12. The minimum absolute atomic E-state index is 0.577.